The lowest BCUT2D eigenvalue weighted by Crippen LogP contribution is -2.01. The first kappa shape index (κ1) is 12.3. The molecular weight excluding hydrogens is 260 g/mol. The second kappa shape index (κ2) is 4.86. The Labute approximate surface area is 98.1 Å². The maximum atomic E-state index is 9.60. The highest BCUT2D eigenvalue weighted by molar-refractivity contribution is 9.10. The SMILES string of the molecule is COc1c(Br)cc(C(C)O)c(C)c1OC. The molecule has 0 aromatic heterocycles. The average Bonchev–Trinajstić information content (AvgIpc) is 2.19. The Balaban J connectivity index is 3.44. The van der Waals surface area contributed by atoms with Crippen LogP contribution in [0, 0.1) is 6.92 Å². The van der Waals surface area contributed by atoms with E-state index in [1.807, 2.05) is 13.0 Å². The molecular formula is C11H15BrO3. The summed E-state index contributed by atoms with van der Waals surface area (Å²) in [5, 5.41) is 9.60. The fourth-order valence-corrected chi connectivity index (χ4v) is 2.18. The molecule has 1 aromatic carbocycles. The summed E-state index contributed by atoms with van der Waals surface area (Å²) < 4.78 is 11.3. The summed E-state index contributed by atoms with van der Waals surface area (Å²) >= 11 is 3.39. The van der Waals surface area contributed by atoms with Gasteiger partial charge in [-0.1, -0.05) is 0 Å². The molecule has 15 heavy (non-hydrogen) atoms. The Kier molecular flexibility index (Phi) is 3.99. The number of halogens is 1. The molecule has 0 fully saturated rings. The zero-order chi connectivity index (χ0) is 11.6. The van der Waals surface area contributed by atoms with Gasteiger partial charge in [0, 0.05) is 5.56 Å². The Bertz CT molecular complexity index is 361. The van der Waals surface area contributed by atoms with Gasteiger partial charge in [-0.3, -0.25) is 0 Å². The number of rotatable bonds is 3. The van der Waals surface area contributed by atoms with Gasteiger partial charge in [0.05, 0.1) is 24.8 Å². The summed E-state index contributed by atoms with van der Waals surface area (Å²) in [5.74, 6) is 1.31. The fourth-order valence-electron chi connectivity index (χ4n) is 1.59. The largest absolute Gasteiger partial charge is 0.493 e. The molecule has 0 bridgehead atoms. The van der Waals surface area contributed by atoms with Crippen LogP contribution >= 0.6 is 15.9 Å². The summed E-state index contributed by atoms with van der Waals surface area (Å²) in [6.07, 6.45) is -0.527. The summed E-state index contributed by atoms with van der Waals surface area (Å²) in [4.78, 5) is 0. The highest BCUT2D eigenvalue weighted by atomic mass is 79.9. The Morgan fingerprint density at radius 2 is 1.80 bits per heavy atom. The highest BCUT2D eigenvalue weighted by Gasteiger charge is 2.17. The van der Waals surface area contributed by atoms with Gasteiger partial charge in [-0.15, -0.1) is 0 Å². The summed E-state index contributed by atoms with van der Waals surface area (Å²) in [7, 11) is 3.17. The molecule has 1 aromatic rings. The first-order valence-corrected chi connectivity index (χ1v) is 5.41. The van der Waals surface area contributed by atoms with Crippen molar-refractivity contribution in [2.24, 2.45) is 0 Å². The van der Waals surface area contributed by atoms with Gasteiger partial charge in [-0.25, -0.2) is 0 Å². The summed E-state index contributed by atoms with van der Waals surface area (Å²) in [6.45, 7) is 3.62. The van der Waals surface area contributed by atoms with Crippen LogP contribution in [0.25, 0.3) is 0 Å². The van der Waals surface area contributed by atoms with E-state index in [9.17, 15) is 5.11 Å². The number of aliphatic hydroxyl groups is 1. The molecule has 0 radical (unpaired) electrons. The van der Waals surface area contributed by atoms with Crippen LogP contribution in [0.2, 0.25) is 0 Å². The molecule has 0 heterocycles. The molecule has 0 aliphatic rings. The van der Waals surface area contributed by atoms with Crippen LogP contribution in [0.4, 0.5) is 0 Å². The molecule has 1 N–H and O–H groups in total. The molecule has 0 aliphatic carbocycles. The molecule has 0 aliphatic heterocycles. The van der Waals surface area contributed by atoms with Crippen molar-refractivity contribution in [3.05, 3.63) is 21.7 Å². The van der Waals surface area contributed by atoms with Crippen molar-refractivity contribution < 1.29 is 14.6 Å². The van der Waals surface area contributed by atoms with E-state index in [0.717, 1.165) is 15.6 Å². The number of hydrogen-bond acceptors (Lipinski definition) is 3. The first-order chi connectivity index (χ1) is 7.02. The number of hydrogen-bond donors (Lipinski definition) is 1. The first-order valence-electron chi connectivity index (χ1n) is 4.62. The minimum atomic E-state index is -0.527. The van der Waals surface area contributed by atoms with Gasteiger partial charge < -0.3 is 14.6 Å². The van der Waals surface area contributed by atoms with Crippen LogP contribution in [0.15, 0.2) is 10.5 Å². The van der Waals surface area contributed by atoms with Crippen molar-refractivity contribution in [2.45, 2.75) is 20.0 Å². The van der Waals surface area contributed by atoms with Gasteiger partial charge in [0.15, 0.2) is 11.5 Å². The molecule has 84 valence electrons. The third-order valence-electron chi connectivity index (χ3n) is 2.34. The van der Waals surface area contributed by atoms with Crippen molar-refractivity contribution >= 4 is 15.9 Å². The Hall–Kier alpha value is -0.740. The van der Waals surface area contributed by atoms with E-state index in [-0.39, 0.29) is 0 Å². The maximum Gasteiger partial charge on any atom is 0.175 e. The standard InChI is InChI=1S/C11H15BrO3/c1-6-8(7(2)13)5-9(12)11(15-4)10(6)14-3/h5,7,13H,1-4H3. The van der Waals surface area contributed by atoms with E-state index < -0.39 is 6.10 Å². The number of aliphatic hydroxyl groups excluding tert-OH is 1. The van der Waals surface area contributed by atoms with E-state index in [0.29, 0.717) is 11.5 Å². The molecule has 3 nitrogen and oxygen atoms in total. The van der Waals surface area contributed by atoms with E-state index in [1.165, 1.54) is 0 Å². The predicted octanol–water partition coefficient (Wildman–Crippen LogP) is 2.83. The Morgan fingerprint density at radius 3 is 2.20 bits per heavy atom. The predicted molar refractivity (Wildman–Crippen MR) is 62.6 cm³/mol. The summed E-state index contributed by atoms with van der Waals surface area (Å²) in [5.41, 5.74) is 1.73. The molecule has 0 saturated heterocycles. The molecule has 1 atom stereocenters. The number of ether oxygens (including phenoxy) is 2. The van der Waals surface area contributed by atoms with Gasteiger partial charge in [0.25, 0.3) is 0 Å². The average molecular weight is 275 g/mol. The lowest BCUT2D eigenvalue weighted by atomic mass is 10.0. The van der Waals surface area contributed by atoms with Gasteiger partial charge in [-0.05, 0) is 41.4 Å². The van der Waals surface area contributed by atoms with Crippen LogP contribution in [-0.4, -0.2) is 19.3 Å². The second-order valence-corrected chi connectivity index (χ2v) is 4.17. The molecule has 0 amide bonds. The van der Waals surface area contributed by atoms with Crippen LogP contribution in [0.1, 0.15) is 24.2 Å². The van der Waals surface area contributed by atoms with Gasteiger partial charge in [0.2, 0.25) is 0 Å². The summed E-state index contributed by atoms with van der Waals surface area (Å²) in [6, 6.07) is 1.85. The topological polar surface area (TPSA) is 38.7 Å². The maximum absolute atomic E-state index is 9.60. The van der Waals surface area contributed by atoms with Crippen LogP contribution in [0.5, 0.6) is 11.5 Å². The third kappa shape index (κ3) is 2.26. The molecule has 1 rings (SSSR count). The number of methoxy groups -OCH3 is 2. The molecule has 1 unspecified atom stereocenters. The smallest absolute Gasteiger partial charge is 0.175 e. The molecule has 0 spiro atoms. The lowest BCUT2D eigenvalue weighted by Gasteiger charge is -2.17. The zero-order valence-corrected chi connectivity index (χ0v) is 10.9. The van der Waals surface area contributed by atoms with E-state index in [1.54, 1.807) is 21.1 Å². The van der Waals surface area contributed by atoms with Crippen LogP contribution in [-0.2, 0) is 0 Å². The molecule has 0 saturated carbocycles. The zero-order valence-electron chi connectivity index (χ0n) is 9.30. The van der Waals surface area contributed by atoms with Gasteiger partial charge in [0.1, 0.15) is 0 Å². The fraction of sp³-hybridized carbons (Fsp3) is 0.455. The van der Waals surface area contributed by atoms with Crippen LogP contribution < -0.4 is 9.47 Å². The minimum absolute atomic E-state index is 0.527. The molecule has 4 heteroatoms. The quantitative estimate of drug-likeness (QED) is 0.921. The van der Waals surface area contributed by atoms with Crippen molar-refractivity contribution in [2.75, 3.05) is 14.2 Å². The second-order valence-electron chi connectivity index (χ2n) is 3.32. The normalized spacial score (nSPS) is 12.4. The van der Waals surface area contributed by atoms with Gasteiger partial charge in [-0.2, -0.15) is 0 Å². The van der Waals surface area contributed by atoms with Crippen molar-refractivity contribution in [1.82, 2.24) is 0 Å². The monoisotopic (exact) mass is 274 g/mol. The lowest BCUT2D eigenvalue weighted by molar-refractivity contribution is 0.197. The van der Waals surface area contributed by atoms with E-state index in [4.69, 9.17) is 9.47 Å². The van der Waals surface area contributed by atoms with E-state index in [2.05, 4.69) is 15.9 Å². The highest BCUT2D eigenvalue weighted by Crippen LogP contribution is 2.41. The van der Waals surface area contributed by atoms with Crippen LogP contribution in [0.3, 0.4) is 0 Å². The Morgan fingerprint density at radius 1 is 1.27 bits per heavy atom. The third-order valence-corrected chi connectivity index (χ3v) is 2.93. The van der Waals surface area contributed by atoms with E-state index >= 15 is 0 Å². The number of benzene rings is 1. The van der Waals surface area contributed by atoms with Crippen molar-refractivity contribution in [1.29, 1.82) is 0 Å². The van der Waals surface area contributed by atoms with Crippen molar-refractivity contribution in [3.63, 3.8) is 0 Å². The minimum Gasteiger partial charge on any atom is -0.493 e. The van der Waals surface area contributed by atoms with Gasteiger partial charge >= 0.3 is 0 Å². The van der Waals surface area contributed by atoms with Crippen molar-refractivity contribution in [3.8, 4) is 11.5 Å².